The van der Waals surface area contributed by atoms with Crippen LogP contribution in [0.25, 0.3) is 0 Å². The van der Waals surface area contributed by atoms with Crippen LogP contribution in [0, 0.1) is 11.6 Å². The summed E-state index contributed by atoms with van der Waals surface area (Å²) in [6.07, 6.45) is 0. The first kappa shape index (κ1) is 14.0. The summed E-state index contributed by atoms with van der Waals surface area (Å²) < 4.78 is 37.9. The van der Waals surface area contributed by atoms with Crippen molar-refractivity contribution in [2.45, 2.75) is 10.6 Å². The summed E-state index contributed by atoms with van der Waals surface area (Å²) in [7, 11) is -1.50. The van der Waals surface area contributed by atoms with E-state index in [0.29, 0.717) is 16.3 Å². The molecule has 0 saturated carbocycles. The van der Waals surface area contributed by atoms with Gasteiger partial charge in [-0.15, -0.1) is 0 Å². The molecular formula is C13H10ClF2NOS. The van der Waals surface area contributed by atoms with Gasteiger partial charge >= 0.3 is 0 Å². The summed E-state index contributed by atoms with van der Waals surface area (Å²) in [5, 5.41) is 0.399. The Morgan fingerprint density at radius 1 is 1.11 bits per heavy atom. The summed E-state index contributed by atoms with van der Waals surface area (Å²) in [5.41, 5.74) is 6.70. The van der Waals surface area contributed by atoms with Gasteiger partial charge < -0.3 is 5.73 Å². The van der Waals surface area contributed by atoms with E-state index in [1.807, 2.05) is 0 Å². The third-order valence-electron chi connectivity index (χ3n) is 2.52. The maximum absolute atomic E-state index is 13.1. The highest BCUT2D eigenvalue weighted by molar-refractivity contribution is 7.84. The lowest BCUT2D eigenvalue weighted by Gasteiger charge is -2.06. The molecule has 1 unspecified atom stereocenters. The van der Waals surface area contributed by atoms with Crippen LogP contribution >= 0.6 is 11.6 Å². The fourth-order valence-electron chi connectivity index (χ4n) is 1.52. The first-order valence-electron chi connectivity index (χ1n) is 5.34. The number of nitrogen functional groups attached to an aromatic ring is 1. The van der Waals surface area contributed by atoms with Crippen LogP contribution in [0.4, 0.5) is 14.5 Å². The summed E-state index contributed by atoms with van der Waals surface area (Å²) in [6, 6.07) is 8.03. The van der Waals surface area contributed by atoms with E-state index >= 15 is 0 Å². The number of benzene rings is 2. The van der Waals surface area contributed by atoms with E-state index in [-0.39, 0.29) is 10.6 Å². The minimum atomic E-state index is -1.50. The Bertz CT molecular complexity index is 649. The van der Waals surface area contributed by atoms with Gasteiger partial charge in [0.2, 0.25) is 0 Å². The fraction of sp³-hybridized carbons (Fsp3) is 0.0769. The van der Waals surface area contributed by atoms with Crippen LogP contribution in [0.3, 0.4) is 0 Å². The molecule has 0 amide bonds. The van der Waals surface area contributed by atoms with E-state index < -0.39 is 22.4 Å². The van der Waals surface area contributed by atoms with Crippen LogP contribution in [0.1, 0.15) is 5.56 Å². The van der Waals surface area contributed by atoms with Crippen molar-refractivity contribution in [3.05, 3.63) is 58.6 Å². The normalized spacial score (nSPS) is 12.4. The fourth-order valence-corrected chi connectivity index (χ4v) is 3.01. The molecule has 1 atom stereocenters. The molecule has 2 aromatic carbocycles. The first-order valence-corrected chi connectivity index (χ1v) is 7.04. The van der Waals surface area contributed by atoms with Gasteiger partial charge in [-0.2, -0.15) is 0 Å². The molecule has 100 valence electrons. The third kappa shape index (κ3) is 3.30. The van der Waals surface area contributed by atoms with Crippen LogP contribution in [-0.2, 0) is 16.6 Å². The predicted octanol–water partition coefficient (Wildman–Crippen LogP) is 3.51. The van der Waals surface area contributed by atoms with Gasteiger partial charge in [-0.3, -0.25) is 4.21 Å². The second-order valence-electron chi connectivity index (χ2n) is 3.92. The number of rotatable bonds is 3. The standard InChI is InChI=1S/C13H10ClF2NOS/c14-11-5-9(17)2-1-8(11)7-19(18)10-3-4-12(15)13(16)6-10/h1-6H,7,17H2. The second kappa shape index (κ2) is 5.67. The number of nitrogens with two attached hydrogens (primary N) is 1. The van der Waals surface area contributed by atoms with Gasteiger partial charge in [0.15, 0.2) is 11.6 Å². The lowest BCUT2D eigenvalue weighted by Crippen LogP contribution is -1.99. The third-order valence-corrected chi connectivity index (χ3v) is 4.22. The average Bonchev–Trinajstić information content (AvgIpc) is 2.36. The Labute approximate surface area is 116 Å². The molecule has 2 rings (SSSR count). The molecule has 0 spiro atoms. The van der Waals surface area contributed by atoms with Gasteiger partial charge in [-0.05, 0) is 35.9 Å². The Morgan fingerprint density at radius 2 is 1.84 bits per heavy atom. The number of halogens is 3. The Balaban J connectivity index is 2.23. The monoisotopic (exact) mass is 301 g/mol. The van der Waals surface area contributed by atoms with Gasteiger partial charge in [0.25, 0.3) is 0 Å². The molecule has 0 bridgehead atoms. The maximum Gasteiger partial charge on any atom is 0.160 e. The molecule has 0 radical (unpaired) electrons. The smallest absolute Gasteiger partial charge is 0.160 e. The Kier molecular flexibility index (Phi) is 4.17. The van der Waals surface area contributed by atoms with Crippen LogP contribution in [0.2, 0.25) is 5.02 Å². The van der Waals surface area contributed by atoms with Gasteiger partial charge in [-0.25, -0.2) is 8.78 Å². The van der Waals surface area contributed by atoms with E-state index in [0.717, 1.165) is 12.1 Å². The number of hydrogen-bond donors (Lipinski definition) is 1. The highest BCUT2D eigenvalue weighted by Crippen LogP contribution is 2.23. The zero-order valence-corrected chi connectivity index (χ0v) is 11.3. The van der Waals surface area contributed by atoms with Crippen LogP contribution in [0.5, 0.6) is 0 Å². The van der Waals surface area contributed by atoms with Crippen molar-refractivity contribution in [2.75, 3.05) is 5.73 Å². The molecular weight excluding hydrogens is 292 g/mol. The van der Waals surface area contributed by atoms with Gasteiger partial charge in [0.1, 0.15) is 0 Å². The summed E-state index contributed by atoms with van der Waals surface area (Å²) in [4.78, 5) is 0.215. The Morgan fingerprint density at radius 3 is 2.47 bits per heavy atom. The van der Waals surface area contributed by atoms with Crippen LogP contribution < -0.4 is 5.73 Å². The molecule has 0 aliphatic rings. The molecule has 0 heterocycles. The molecule has 2 aromatic rings. The van der Waals surface area contributed by atoms with Crippen molar-refractivity contribution in [3.8, 4) is 0 Å². The quantitative estimate of drug-likeness (QED) is 0.882. The Hall–Kier alpha value is -1.46. The largest absolute Gasteiger partial charge is 0.399 e. The molecule has 0 aliphatic heterocycles. The van der Waals surface area contributed by atoms with E-state index in [4.69, 9.17) is 17.3 Å². The summed E-state index contributed by atoms with van der Waals surface area (Å²) in [5.74, 6) is -1.87. The van der Waals surface area contributed by atoms with Gasteiger partial charge in [0.05, 0.1) is 16.6 Å². The topological polar surface area (TPSA) is 43.1 Å². The highest BCUT2D eigenvalue weighted by Gasteiger charge is 2.11. The van der Waals surface area contributed by atoms with Gasteiger partial charge in [0, 0.05) is 15.6 Å². The molecule has 2 N–H and O–H groups in total. The van der Waals surface area contributed by atoms with E-state index in [9.17, 15) is 13.0 Å². The molecule has 6 heteroatoms. The van der Waals surface area contributed by atoms with E-state index in [2.05, 4.69) is 0 Å². The van der Waals surface area contributed by atoms with Crippen molar-refractivity contribution in [1.82, 2.24) is 0 Å². The molecule has 2 nitrogen and oxygen atoms in total. The predicted molar refractivity (Wildman–Crippen MR) is 72.3 cm³/mol. The maximum atomic E-state index is 13.1. The van der Waals surface area contributed by atoms with Crippen molar-refractivity contribution in [1.29, 1.82) is 0 Å². The summed E-state index contributed by atoms with van der Waals surface area (Å²) in [6.45, 7) is 0. The first-order chi connectivity index (χ1) is 8.97. The molecule has 0 aromatic heterocycles. The SMILES string of the molecule is Nc1ccc(CS(=O)c2ccc(F)c(F)c2)c(Cl)c1. The second-order valence-corrected chi connectivity index (χ2v) is 5.77. The lowest BCUT2D eigenvalue weighted by atomic mass is 10.2. The van der Waals surface area contributed by atoms with E-state index in [1.165, 1.54) is 6.07 Å². The molecule has 19 heavy (non-hydrogen) atoms. The van der Waals surface area contributed by atoms with Crippen LogP contribution in [-0.4, -0.2) is 4.21 Å². The zero-order chi connectivity index (χ0) is 14.0. The van der Waals surface area contributed by atoms with Crippen molar-refractivity contribution in [3.63, 3.8) is 0 Å². The average molecular weight is 302 g/mol. The van der Waals surface area contributed by atoms with Crippen molar-refractivity contribution in [2.24, 2.45) is 0 Å². The molecule has 0 fully saturated rings. The summed E-state index contributed by atoms with van der Waals surface area (Å²) >= 11 is 5.97. The van der Waals surface area contributed by atoms with Crippen molar-refractivity contribution >= 4 is 28.1 Å². The number of anilines is 1. The lowest BCUT2D eigenvalue weighted by molar-refractivity contribution is 0.505. The molecule has 0 aliphatic carbocycles. The van der Waals surface area contributed by atoms with Gasteiger partial charge in [-0.1, -0.05) is 17.7 Å². The highest BCUT2D eigenvalue weighted by atomic mass is 35.5. The molecule has 0 saturated heterocycles. The minimum absolute atomic E-state index is 0.115. The zero-order valence-electron chi connectivity index (χ0n) is 9.70. The number of hydrogen-bond acceptors (Lipinski definition) is 2. The minimum Gasteiger partial charge on any atom is -0.399 e. The van der Waals surface area contributed by atoms with Crippen LogP contribution in [0.15, 0.2) is 41.3 Å². The van der Waals surface area contributed by atoms with E-state index in [1.54, 1.807) is 18.2 Å². The van der Waals surface area contributed by atoms with Crippen molar-refractivity contribution < 1.29 is 13.0 Å².